The van der Waals surface area contributed by atoms with Crippen LogP contribution in [0.25, 0.3) is 10.1 Å². The molecular formula is C15H22S. The lowest BCUT2D eigenvalue weighted by Gasteiger charge is -2.18. The zero-order valence-corrected chi connectivity index (χ0v) is 12.0. The Hall–Kier alpha value is -0.820. The van der Waals surface area contributed by atoms with Gasteiger partial charge in [0, 0.05) is 9.58 Å². The summed E-state index contributed by atoms with van der Waals surface area (Å²) in [5.41, 5.74) is 1.67. The van der Waals surface area contributed by atoms with Gasteiger partial charge in [-0.2, -0.15) is 0 Å². The first-order chi connectivity index (χ1) is 7.47. The monoisotopic (exact) mass is 234 g/mol. The Bertz CT molecular complexity index is 458. The summed E-state index contributed by atoms with van der Waals surface area (Å²) >= 11 is 1.87. The zero-order chi connectivity index (χ0) is 12.3. The van der Waals surface area contributed by atoms with E-state index in [1.54, 1.807) is 0 Å². The summed E-state index contributed by atoms with van der Waals surface area (Å²) in [6, 6.07) is 9.08. The summed E-state index contributed by atoms with van der Waals surface area (Å²) in [6.07, 6.45) is 0. The van der Waals surface area contributed by atoms with Gasteiger partial charge in [-0.1, -0.05) is 40.7 Å². The van der Waals surface area contributed by atoms with Crippen LogP contribution < -0.4 is 0 Å². The molecule has 1 aromatic carbocycles. The minimum absolute atomic E-state index is 0.254. The number of rotatable bonds is 0. The van der Waals surface area contributed by atoms with Crippen molar-refractivity contribution >= 4 is 21.4 Å². The molecule has 0 atom stereocenters. The molecule has 88 valence electrons. The van der Waals surface area contributed by atoms with Gasteiger partial charge in [0.15, 0.2) is 0 Å². The minimum Gasteiger partial charge on any atom is -0.141 e. The van der Waals surface area contributed by atoms with Gasteiger partial charge >= 0.3 is 0 Å². The van der Waals surface area contributed by atoms with Crippen LogP contribution in [0.2, 0.25) is 0 Å². The fourth-order valence-electron chi connectivity index (χ4n) is 1.64. The highest BCUT2D eigenvalue weighted by Gasteiger charge is 2.13. The second-order valence-corrected chi connectivity index (χ2v) is 6.15. The molecule has 1 heteroatoms. The number of benzene rings is 1. The Morgan fingerprint density at radius 3 is 2.19 bits per heavy atom. The Morgan fingerprint density at radius 1 is 1.00 bits per heavy atom. The van der Waals surface area contributed by atoms with E-state index >= 15 is 0 Å². The van der Waals surface area contributed by atoms with Crippen molar-refractivity contribution in [2.75, 3.05) is 0 Å². The third kappa shape index (κ3) is 2.85. The van der Waals surface area contributed by atoms with Crippen molar-refractivity contribution < 1.29 is 0 Å². The highest BCUT2D eigenvalue weighted by Crippen LogP contribution is 2.30. The van der Waals surface area contributed by atoms with E-state index in [0.717, 1.165) is 0 Å². The average Bonchev–Trinajstić information content (AvgIpc) is 2.58. The van der Waals surface area contributed by atoms with Gasteiger partial charge < -0.3 is 0 Å². The Balaban J connectivity index is 0.000000606. The van der Waals surface area contributed by atoms with E-state index in [0.29, 0.717) is 0 Å². The third-order valence-corrected chi connectivity index (χ3v) is 3.54. The Kier molecular flexibility index (Phi) is 4.15. The molecule has 0 bridgehead atoms. The highest BCUT2D eigenvalue weighted by atomic mass is 32.1. The number of aryl methyl sites for hydroxylation is 1. The van der Waals surface area contributed by atoms with E-state index in [9.17, 15) is 0 Å². The van der Waals surface area contributed by atoms with E-state index in [1.807, 2.05) is 25.2 Å². The SMILES string of the molecule is CC.Cc1cc2cc(C(C)(C)C)ccc2s1. The molecule has 1 aromatic heterocycles. The molecule has 0 spiro atoms. The molecule has 0 nitrogen and oxygen atoms in total. The van der Waals surface area contributed by atoms with E-state index in [1.165, 1.54) is 20.5 Å². The van der Waals surface area contributed by atoms with Crippen molar-refractivity contribution in [1.29, 1.82) is 0 Å². The molecule has 2 rings (SSSR count). The summed E-state index contributed by atoms with van der Waals surface area (Å²) in [5, 5.41) is 1.39. The number of hydrogen-bond donors (Lipinski definition) is 0. The molecule has 0 N–H and O–H groups in total. The van der Waals surface area contributed by atoms with Gasteiger partial charge in [0.25, 0.3) is 0 Å². The molecule has 0 unspecified atom stereocenters. The lowest BCUT2D eigenvalue weighted by atomic mass is 9.87. The van der Waals surface area contributed by atoms with Crippen LogP contribution in [-0.2, 0) is 5.41 Å². The summed E-state index contributed by atoms with van der Waals surface area (Å²) < 4.78 is 1.40. The summed E-state index contributed by atoms with van der Waals surface area (Å²) in [6.45, 7) is 12.9. The molecule has 0 saturated carbocycles. The van der Waals surface area contributed by atoms with E-state index in [2.05, 4.69) is 52.0 Å². The van der Waals surface area contributed by atoms with Crippen LogP contribution >= 0.6 is 11.3 Å². The van der Waals surface area contributed by atoms with Crippen LogP contribution in [0.3, 0.4) is 0 Å². The zero-order valence-electron chi connectivity index (χ0n) is 11.2. The van der Waals surface area contributed by atoms with Gasteiger partial charge in [0.05, 0.1) is 0 Å². The van der Waals surface area contributed by atoms with Crippen LogP contribution in [-0.4, -0.2) is 0 Å². The smallest absolute Gasteiger partial charge is 0.0345 e. The van der Waals surface area contributed by atoms with Crippen molar-refractivity contribution in [2.45, 2.75) is 47.0 Å². The maximum Gasteiger partial charge on any atom is 0.0345 e. The number of hydrogen-bond acceptors (Lipinski definition) is 1. The molecule has 0 saturated heterocycles. The molecule has 0 aliphatic heterocycles. The molecule has 0 fully saturated rings. The van der Waals surface area contributed by atoms with E-state index in [4.69, 9.17) is 0 Å². The predicted molar refractivity (Wildman–Crippen MR) is 76.6 cm³/mol. The molecule has 0 aliphatic rings. The second-order valence-electron chi connectivity index (χ2n) is 4.86. The quantitative estimate of drug-likeness (QED) is 0.562. The molecule has 0 aliphatic carbocycles. The van der Waals surface area contributed by atoms with Crippen molar-refractivity contribution in [3.8, 4) is 0 Å². The highest BCUT2D eigenvalue weighted by molar-refractivity contribution is 7.19. The largest absolute Gasteiger partial charge is 0.141 e. The molecule has 0 amide bonds. The average molecular weight is 234 g/mol. The van der Waals surface area contributed by atoms with Crippen LogP contribution in [0.4, 0.5) is 0 Å². The third-order valence-electron chi connectivity index (χ3n) is 2.51. The fraction of sp³-hybridized carbons (Fsp3) is 0.467. The fourth-order valence-corrected chi connectivity index (χ4v) is 2.55. The van der Waals surface area contributed by atoms with Crippen LogP contribution in [0.1, 0.15) is 45.1 Å². The van der Waals surface area contributed by atoms with Gasteiger partial charge in [-0.15, -0.1) is 11.3 Å². The van der Waals surface area contributed by atoms with Gasteiger partial charge in [0.2, 0.25) is 0 Å². The predicted octanol–water partition coefficient (Wildman–Crippen LogP) is 5.53. The van der Waals surface area contributed by atoms with Crippen molar-refractivity contribution in [2.24, 2.45) is 0 Å². The van der Waals surface area contributed by atoms with E-state index in [-0.39, 0.29) is 5.41 Å². The molecule has 16 heavy (non-hydrogen) atoms. The Morgan fingerprint density at radius 2 is 1.62 bits per heavy atom. The summed E-state index contributed by atoms with van der Waals surface area (Å²) in [4.78, 5) is 1.39. The first-order valence-corrected chi connectivity index (χ1v) is 6.79. The summed E-state index contributed by atoms with van der Waals surface area (Å²) in [5.74, 6) is 0. The standard InChI is InChI=1S/C13H16S.C2H6/c1-9-7-10-8-11(13(2,3)4)5-6-12(10)14-9;1-2/h5-8H,1-4H3;1-2H3. The van der Waals surface area contributed by atoms with E-state index < -0.39 is 0 Å². The second kappa shape index (κ2) is 5.01. The molecular weight excluding hydrogens is 212 g/mol. The first kappa shape index (κ1) is 13.2. The maximum absolute atomic E-state index is 2.32. The van der Waals surface area contributed by atoms with Crippen molar-refractivity contribution in [3.63, 3.8) is 0 Å². The van der Waals surface area contributed by atoms with Crippen LogP contribution in [0, 0.1) is 6.92 Å². The van der Waals surface area contributed by atoms with Gasteiger partial charge in [-0.25, -0.2) is 0 Å². The van der Waals surface area contributed by atoms with Gasteiger partial charge in [0.1, 0.15) is 0 Å². The topological polar surface area (TPSA) is 0 Å². The van der Waals surface area contributed by atoms with Crippen molar-refractivity contribution in [1.82, 2.24) is 0 Å². The van der Waals surface area contributed by atoms with Crippen LogP contribution in [0.15, 0.2) is 24.3 Å². The lowest BCUT2D eigenvalue weighted by Crippen LogP contribution is -2.10. The van der Waals surface area contributed by atoms with Crippen molar-refractivity contribution in [3.05, 3.63) is 34.7 Å². The van der Waals surface area contributed by atoms with Gasteiger partial charge in [-0.05, 0) is 41.5 Å². The Labute approximate surface area is 103 Å². The lowest BCUT2D eigenvalue weighted by molar-refractivity contribution is 0.591. The summed E-state index contributed by atoms with van der Waals surface area (Å²) in [7, 11) is 0. The van der Waals surface area contributed by atoms with Crippen LogP contribution in [0.5, 0.6) is 0 Å². The van der Waals surface area contributed by atoms with Gasteiger partial charge in [-0.3, -0.25) is 0 Å². The first-order valence-electron chi connectivity index (χ1n) is 5.97. The molecule has 1 heterocycles. The number of thiophene rings is 1. The maximum atomic E-state index is 2.32. The minimum atomic E-state index is 0.254. The number of fused-ring (bicyclic) bond motifs is 1. The normalized spacial score (nSPS) is 11.1. The molecule has 0 radical (unpaired) electrons. The molecule has 2 aromatic rings.